The third-order valence-electron chi connectivity index (χ3n) is 6.48. The molecule has 180 valence electrons. The molecule has 5 rings (SSSR count). The molecule has 0 radical (unpaired) electrons. The van der Waals surface area contributed by atoms with E-state index >= 15 is 0 Å². The van der Waals surface area contributed by atoms with Gasteiger partial charge in [0.25, 0.3) is 5.91 Å². The van der Waals surface area contributed by atoms with E-state index in [9.17, 15) is 9.59 Å². The average molecular weight is 472 g/mol. The number of nitrogens with one attached hydrogen (secondary N) is 1. The first kappa shape index (κ1) is 22.9. The van der Waals surface area contributed by atoms with Crippen LogP contribution in [0.4, 0.5) is 5.69 Å². The maximum Gasteiger partial charge on any atom is 0.277 e. The smallest absolute Gasteiger partial charge is 0.277 e. The molecule has 2 aliphatic rings. The molecule has 1 aliphatic carbocycles. The molecular formula is C28H29N3O4. The summed E-state index contributed by atoms with van der Waals surface area (Å²) in [6, 6.07) is 19.2. The van der Waals surface area contributed by atoms with Crippen LogP contribution in [-0.4, -0.2) is 36.1 Å². The van der Waals surface area contributed by atoms with Crippen LogP contribution < -0.4 is 19.7 Å². The lowest BCUT2D eigenvalue weighted by Gasteiger charge is -2.33. The van der Waals surface area contributed by atoms with Gasteiger partial charge < -0.3 is 14.8 Å². The summed E-state index contributed by atoms with van der Waals surface area (Å²) in [7, 11) is 0. The van der Waals surface area contributed by atoms with Gasteiger partial charge in [-0.15, -0.1) is 0 Å². The third-order valence-corrected chi connectivity index (χ3v) is 6.48. The SMILES string of the molecule is O=C(NC1CCCCC1)[C@@H](c1ccccc1)N(C(=O)c1ccccn1)c1ccc2c(c1)OCCO2. The number of benzene rings is 2. The van der Waals surface area contributed by atoms with Gasteiger partial charge in [0.1, 0.15) is 24.9 Å². The minimum absolute atomic E-state index is 0.106. The molecule has 1 fully saturated rings. The van der Waals surface area contributed by atoms with Gasteiger partial charge >= 0.3 is 0 Å². The van der Waals surface area contributed by atoms with Crippen LogP contribution >= 0.6 is 0 Å². The molecule has 1 saturated carbocycles. The minimum Gasteiger partial charge on any atom is -0.486 e. The van der Waals surface area contributed by atoms with E-state index < -0.39 is 6.04 Å². The van der Waals surface area contributed by atoms with Crippen LogP contribution in [0.2, 0.25) is 0 Å². The number of nitrogens with zero attached hydrogens (tertiary/aromatic N) is 2. The second-order valence-corrected chi connectivity index (χ2v) is 8.87. The Bertz CT molecular complexity index is 1160. The number of aromatic nitrogens is 1. The molecular weight excluding hydrogens is 442 g/mol. The number of anilines is 1. The van der Waals surface area contributed by atoms with Gasteiger partial charge in [-0.3, -0.25) is 19.5 Å². The van der Waals surface area contributed by atoms with E-state index in [1.807, 2.05) is 30.3 Å². The highest BCUT2D eigenvalue weighted by atomic mass is 16.6. The van der Waals surface area contributed by atoms with Crippen LogP contribution in [0.1, 0.15) is 54.2 Å². The van der Waals surface area contributed by atoms with Gasteiger partial charge in [-0.25, -0.2) is 0 Å². The van der Waals surface area contributed by atoms with Crippen molar-refractivity contribution in [2.24, 2.45) is 0 Å². The zero-order valence-corrected chi connectivity index (χ0v) is 19.6. The summed E-state index contributed by atoms with van der Waals surface area (Å²) in [5.74, 6) is 0.595. The monoisotopic (exact) mass is 471 g/mol. The lowest BCUT2D eigenvalue weighted by molar-refractivity contribution is -0.123. The highest BCUT2D eigenvalue weighted by Gasteiger charge is 2.35. The lowest BCUT2D eigenvalue weighted by Crippen LogP contribution is -2.47. The van der Waals surface area contributed by atoms with Crippen LogP contribution in [-0.2, 0) is 4.79 Å². The zero-order chi connectivity index (χ0) is 24.0. The average Bonchev–Trinajstić information content (AvgIpc) is 2.92. The Kier molecular flexibility index (Phi) is 6.93. The van der Waals surface area contributed by atoms with Gasteiger partial charge in [0, 0.05) is 24.0 Å². The third kappa shape index (κ3) is 5.14. The Morgan fingerprint density at radius 3 is 2.37 bits per heavy atom. The molecule has 2 aromatic carbocycles. The molecule has 7 nitrogen and oxygen atoms in total. The predicted octanol–water partition coefficient (Wildman–Crippen LogP) is 4.69. The summed E-state index contributed by atoms with van der Waals surface area (Å²) in [5, 5.41) is 3.23. The first-order valence-electron chi connectivity index (χ1n) is 12.2. The highest BCUT2D eigenvalue weighted by Crippen LogP contribution is 2.37. The molecule has 0 bridgehead atoms. The summed E-state index contributed by atoms with van der Waals surface area (Å²) in [5.41, 5.74) is 1.52. The molecule has 2 amide bonds. The predicted molar refractivity (Wildman–Crippen MR) is 133 cm³/mol. The molecule has 0 spiro atoms. The summed E-state index contributed by atoms with van der Waals surface area (Å²) in [6.45, 7) is 0.897. The maximum atomic E-state index is 13.9. The van der Waals surface area contributed by atoms with Crippen LogP contribution in [0, 0.1) is 0 Å². The summed E-state index contributed by atoms with van der Waals surface area (Å²) < 4.78 is 11.5. The number of carbonyl (C=O) groups is 2. The Labute approximate surface area is 205 Å². The number of fused-ring (bicyclic) bond motifs is 1. The largest absolute Gasteiger partial charge is 0.486 e. The van der Waals surface area contributed by atoms with Gasteiger partial charge in [0.05, 0.1) is 0 Å². The second kappa shape index (κ2) is 10.6. The summed E-state index contributed by atoms with van der Waals surface area (Å²) >= 11 is 0. The molecule has 1 aliphatic heterocycles. The molecule has 7 heteroatoms. The number of carbonyl (C=O) groups excluding carboxylic acids is 2. The molecule has 0 saturated heterocycles. The fraction of sp³-hybridized carbons (Fsp3) is 0.321. The van der Waals surface area contributed by atoms with Crippen molar-refractivity contribution < 1.29 is 19.1 Å². The van der Waals surface area contributed by atoms with E-state index in [1.165, 1.54) is 11.3 Å². The lowest BCUT2D eigenvalue weighted by atomic mass is 9.94. The van der Waals surface area contributed by atoms with Crippen molar-refractivity contribution in [1.29, 1.82) is 0 Å². The molecule has 1 aromatic heterocycles. The summed E-state index contributed by atoms with van der Waals surface area (Å²) in [6.07, 6.45) is 6.86. The van der Waals surface area contributed by atoms with Crippen LogP contribution in [0.15, 0.2) is 72.9 Å². The van der Waals surface area contributed by atoms with Gasteiger partial charge in [-0.1, -0.05) is 55.7 Å². The van der Waals surface area contributed by atoms with E-state index in [-0.39, 0.29) is 23.6 Å². The van der Waals surface area contributed by atoms with Gasteiger partial charge in [-0.2, -0.15) is 0 Å². The van der Waals surface area contributed by atoms with E-state index in [1.54, 1.807) is 42.6 Å². The topological polar surface area (TPSA) is 80.8 Å². The van der Waals surface area contributed by atoms with Crippen molar-refractivity contribution in [3.63, 3.8) is 0 Å². The number of hydrogen-bond acceptors (Lipinski definition) is 5. The fourth-order valence-electron chi connectivity index (χ4n) is 4.76. The number of rotatable bonds is 6. The quantitative estimate of drug-likeness (QED) is 0.564. The van der Waals surface area contributed by atoms with Gasteiger partial charge in [0.2, 0.25) is 5.91 Å². The van der Waals surface area contributed by atoms with Crippen molar-refractivity contribution in [1.82, 2.24) is 10.3 Å². The van der Waals surface area contributed by atoms with Crippen LogP contribution in [0.3, 0.4) is 0 Å². The normalized spacial score (nSPS) is 16.2. The van der Waals surface area contributed by atoms with Crippen LogP contribution in [0.25, 0.3) is 0 Å². The standard InChI is InChI=1S/C28H29N3O4/c32-27(30-21-11-5-2-6-12-21)26(20-9-3-1-4-10-20)31(28(33)23-13-7-8-16-29-23)22-14-15-24-25(19-22)35-18-17-34-24/h1,3-4,7-10,13-16,19,21,26H,2,5-6,11-12,17-18H2,(H,30,32)/t26-/m1/s1. The molecule has 0 unspecified atom stereocenters. The molecule has 3 aromatic rings. The van der Waals surface area contributed by atoms with Crippen molar-refractivity contribution in [3.05, 3.63) is 84.2 Å². The fourth-order valence-corrected chi connectivity index (χ4v) is 4.76. The number of amides is 2. The maximum absolute atomic E-state index is 13.9. The Hall–Kier alpha value is -3.87. The van der Waals surface area contributed by atoms with Crippen LogP contribution in [0.5, 0.6) is 11.5 Å². The van der Waals surface area contributed by atoms with E-state index in [0.717, 1.165) is 31.2 Å². The van der Waals surface area contributed by atoms with E-state index in [2.05, 4.69) is 10.3 Å². The Balaban J connectivity index is 1.59. The van der Waals surface area contributed by atoms with Gasteiger partial charge in [-0.05, 0) is 42.7 Å². The first-order valence-corrected chi connectivity index (χ1v) is 12.2. The zero-order valence-electron chi connectivity index (χ0n) is 19.6. The van der Waals surface area contributed by atoms with E-state index in [0.29, 0.717) is 30.4 Å². The Morgan fingerprint density at radius 1 is 0.886 bits per heavy atom. The molecule has 35 heavy (non-hydrogen) atoms. The van der Waals surface area contributed by atoms with Crippen molar-refractivity contribution in [3.8, 4) is 11.5 Å². The molecule has 2 heterocycles. The first-order chi connectivity index (χ1) is 17.2. The number of pyridine rings is 1. The number of hydrogen-bond donors (Lipinski definition) is 1. The van der Waals surface area contributed by atoms with E-state index in [4.69, 9.17) is 9.47 Å². The summed E-state index contributed by atoms with van der Waals surface area (Å²) in [4.78, 5) is 33.6. The Morgan fingerprint density at radius 2 is 1.63 bits per heavy atom. The molecule has 1 N–H and O–H groups in total. The highest BCUT2D eigenvalue weighted by molar-refractivity contribution is 6.09. The van der Waals surface area contributed by atoms with Crippen molar-refractivity contribution in [2.75, 3.05) is 18.1 Å². The van der Waals surface area contributed by atoms with Crippen molar-refractivity contribution >= 4 is 17.5 Å². The second-order valence-electron chi connectivity index (χ2n) is 8.87. The van der Waals surface area contributed by atoms with Crippen molar-refractivity contribution in [2.45, 2.75) is 44.2 Å². The minimum atomic E-state index is -0.879. The molecule has 1 atom stereocenters. The number of ether oxygens (including phenoxy) is 2. The van der Waals surface area contributed by atoms with Gasteiger partial charge in [0.15, 0.2) is 11.5 Å².